The van der Waals surface area contributed by atoms with E-state index in [9.17, 15) is 23.1 Å². The van der Waals surface area contributed by atoms with Crippen molar-refractivity contribution >= 4 is 58.4 Å². The minimum Gasteiger partial charge on any atom is -0.795 e. The first-order chi connectivity index (χ1) is 26.2. The fraction of sp³-hybridized carbons (Fsp3) is 0.476. The van der Waals surface area contributed by atoms with Crippen LogP contribution >= 0.6 is 12.0 Å². The fourth-order valence-corrected chi connectivity index (χ4v) is 7.70. The molecule has 2 aliphatic rings. The molecular weight excluding hydrogens is 760 g/mol. The standard InChI is InChI=1S/C38H47N3O7S2.C4H11N.Na/c1-37(2)30-26-28(50(46)47-7)20-22-31(30)39(5)33(37)15-10-8-11-16-34-38(3,4)29-25-27(49-45)19-21-32(29)41(34)23-13-9-12-18-36(44)48-40(6)35(43)17-14-24-42;1-2-3-4-5;/h8,10-11,15-16,19-22,24-26H,9,12-14,17-18,23H2,1-7H3;2-5H2,1H3;/q;;+1. The normalized spacial score (nSPS) is 16.3. The van der Waals surface area contributed by atoms with E-state index in [0.717, 1.165) is 64.9 Å². The number of rotatable bonds is 17. The van der Waals surface area contributed by atoms with Crippen molar-refractivity contribution in [1.29, 1.82) is 0 Å². The summed E-state index contributed by atoms with van der Waals surface area (Å²) >= 11 is -1.02. The number of fused-ring (bicyclic) bond motifs is 2. The number of aldehydes is 1. The van der Waals surface area contributed by atoms with Crippen LogP contribution in [0.25, 0.3) is 0 Å². The molecular formula is C42H58N4NaO7S2+. The Bertz CT molecular complexity index is 1820. The minimum absolute atomic E-state index is 0. The summed E-state index contributed by atoms with van der Waals surface area (Å²) in [5.74, 6) is -0.902. The molecule has 14 heteroatoms. The molecule has 11 nitrogen and oxygen atoms in total. The first kappa shape index (κ1) is 49.3. The number of hydrogen-bond acceptors (Lipinski definition) is 10. The Labute approximate surface area is 362 Å². The van der Waals surface area contributed by atoms with Gasteiger partial charge >= 0.3 is 35.5 Å². The average molecular weight is 818 g/mol. The number of allylic oxidation sites excluding steroid dienone is 6. The number of benzene rings is 2. The summed E-state index contributed by atoms with van der Waals surface area (Å²) in [6, 6.07) is 11.6. The van der Waals surface area contributed by atoms with E-state index in [2.05, 4.69) is 56.2 Å². The molecule has 0 saturated carbocycles. The molecule has 2 aromatic carbocycles. The molecule has 0 fully saturated rings. The van der Waals surface area contributed by atoms with Gasteiger partial charge in [-0.3, -0.25) is 8.98 Å². The number of amides is 1. The molecule has 0 spiro atoms. The predicted octanol–water partition coefficient (Wildman–Crippen LogP) is 4.58. The topological polar surface area (TPSA) is 145 Å². The number of carbonyl (C=O) groups excluding carboxylic acids is 3. The van der Waals surface area contributed by atoms with Gasteiger partial charge in [0.2, 0.25) is 5.69 Å². The number of hydroxylamine groups is 2. The molecule has 0 radical (unpaired) electrons. The molecule has 4 rings (SSSR count). The summed E-state index contributed by atoms with van der Waals surface area (Å²) in [5.41, 5.74) is 11.0. The maximum atomic E-state index is 12.3. The van der Waals surface area contributed by atoms with E-state index in [1.54, 1.807) is 0 Å². The van der Waals surface area contributed by atoms with Crippen LogP contribution in [0.2, 0.25) is 0 Å². The monoisotopic (exact) mass is 817 g/mol. The van der Waals surface area contributed by atoms with E-state index in [-0.39, 0.29) is 59.6 Å². The molecule has 300 valence electrons. The van der Waals surface area contributed by atoms with Crippen molar-refractivity contribution in [1.82, 2.24) is 5.06 Å². The molecule has 2 heterocycles. The van der Waals surface area contributed by atoms with Crippen LogP contribution in [0.3, 0.4) is 0 Å². The van der Waals surface area contributed by atoms with Gasteiger partial charge in [0.15, 0.2) is 16.8 Å². The number of nitrogens with zero attached hydrogens (tertiary/aromatic N) is 3. The summed E-state index contributed by atoms with van der Waals surface area (Å²) < 4.78 is 31.2. The smallest absolute Gasteiger partial charge is 0.795 e. The second-order valence-corrected chi connectivity index (χ2v) is 16.4. The Morgan fingerprint density at radius 3 is 2.36 bits per heavy atom. The quantitative estimate of drug-likeness (QED) is 0.0458. The van der Waals surface area contributed by atoms with Crippen molar-refractivity contribution in [3.63, 3.8) is 0 Å². The van der Waals surface area contributed by atoms with Gasteiger partial charge in [-0.2, -0.15) is 9.64 Å². The van der Waals surface area contributed by atoms with E-state index in [4.69, 9.17) is 14.8 Å². The van der Waals surface area contributed by atoms with Crippen LogP contribution in [0, 0.1) is 0 Å². The second-order valence-electron chi connectivity index (χ2n) is 14.5. The van der Waals surface area contributed by atoms with E-state index in [0.29, 0.717) is 34.5 Å². The van der Waals surface area contributed by atoms with Gasteiger partial charge in [-0.1, -0.05) is 51.8 Å². The van der Waals surface area contributed by atoms with Crippen LogP contribution < -0.4 is 40.2 Å². The summed E-state index contributed by atoms with van der Waals surface area (Å²) in [5, 5.41) is 0.900. The zero-order chi connectivity index (χ0) is 40.8. The fourth-order valence-electron chi connectivity index (χ4n) is 6.83. The molecule has 56 heavy (non-hydrogen) atoms. The Morgan fingerprint density at radius 1 is 1.00 bits per heavy atom. The predicted molar refractivity (Wildman–Crippen MR) is 220 cm³/mol. The molecule has 2 N–H and O–H groups in total. The molecule has 1 amide bonds. The maximum Gasteiger partial charge on any atom is 1.00 e. The third-order valence-corrected chi connectivity index (χ3v) is 11.3. The van der Waals surface area contributed by atoms with E-state index in [1.807, 2.05) is 61.7 Å². The van der Waals surface area contributed by atoms with E-state index < -0.39 is 23.0 Å². The van der Waals surface area contributed by atoms with Crippen molar-refractivity contribution in [2.24, 2.45) is 5.73 Å². The van der Waals surface area contributed by atoms with Crippen LogP contribution in [0.5, 0.6) is 0 Å². The Morgan fingerprint density at radius 2 is 1.73 bits per heavy atom. The van der Waals surface area contributed by atoms with Gasteiger partial charge in [0.25, 0.3) is 5.91 Å². The van der Waals surface area contributed by atoms with Crippen LogP contribution in [0.4, 0.5) is 11.4 Å². The van der Waals surface area contributed by atoms with Gasteiger partial charge in [-0.05, 0) is 86.5 Å². The molecule has 2 aromatic rings. The molecule has 0 bridgehead atoms. The number of anilines is 1. The van der Waals surface area contributed by atoms with Crippen molar-refractivity contribution in [2.45, 2.75) is 107 Å². The van der Waals surface area contributed by atoms with Crippen LogP contribution in [0.1, 0.15) is 97.1 Å². The summed E-state index contributed by atoms with van der Waals surface area (Å²) in [6.45, 7) is 12.3. The van der Waals surface area contributed by atoms with Crippen molar-refractivity contribution in [2.75, 3.05) is 39.2 Å². The van der Waals surface area contributed by atoms with Crippen molar-refractivity contribution in [3.8, 4) is 0 Å². The zero-order valence-corrected chi connectivity index (χ0v) is 38.2. The van der Waals surface area contributed by atoms with E-state index in [1.165, 1.54) is 27.0 Å². The molecule has 0 aromatic heterocycles. The first-order valence-electron chi connectivity index (χ1n) is 18.8. The number of carbonyl (C=O) groups is 3. The van der Waals surface area contributed by atoms with E-state index >= 15 is 0 Å². The summed E-state index contributed by atoms with van der Waals surface area (Å²) in [6.07, 6.45) is 15.8. The van der Waals surface area contributed by atoms with Crippen LogP contribution in [-0.4, -0.2) is 76.6 Å². The van der Waals surface area contributed by atoms with Crippen LogP contribution in [-0.2, 0) is 45.3 Å². The third-order valence-electron chi connectivity index (χ3n) is 9.92. The number of unbranched alkanes of at least 4 members (excludes halogenated alkanes) is 3. The van der Waals surface area contributed by atoms with Gasteiger partial charge in [0, 0.05) is 67.4 Å². The third kappa shape index (κ3) is 12.6. The van der Waals surface area contributed by atoms with Crippen LogP contribution in [0.15, 0.2) is 82.3 Å². The minimum atomic E-state index is -1.51. The van der Waals surface area contributed by atoms with Gasteiger partial charge in [-0.15, -0.1) is 0 Å². The van der Waals surface area contributed by atoms with Gasteiger partial charge in [0.1, 0.15) is 13.3 Å². The number of hydrogen-bond donors (Lipinski definition) is 1. The zero-order valence-electron chi connectivity index (χ0n) is 34.6. The number of nitrogens with two attached hydrogens (primary N) is 1. The van der Waals surface area contributed by atoms with Gasteiger partial charge < -0.3 is 24.8 Å². The summed E-state index contributed by atoms with van der Waals surface area (Å²) in [4.78, 5) is 43.4. The largest absolute Gasteiger partial charge is 1.00 e. The maximum absolute atomic E-state index is 12.3. The molecule has 2 aliphatic heterocycles. The summed E-state index contributed by atoms with van der Waals surface area (Å²) in [7, 11) is 4.85. The van der Waals surface area contributed by atoms with Crippen molar-refractivity contribution < 1.29 is 66.3 Å². The Hall–Kier alpha value is -2.88. The average Bonchev–Trinajstić information content (AvgIpc) is 3.49. The molecule has 1 unspecified atom stereocenters. The molecule has 0 aliphatic carbocycles. The molecule has 1 atom stereocenters. The van der Waals surface area contributed by atoms with Gasteiger partial charge in [-0.25, -0.2) is 21.0 Å². The second kappa shape index (κ2) is 23.5. The SMILES string of the molecule is CCCCN.COS(=O)c1ccc2c(c1)C(C)(C)C(/C=C/C=C/C=C1/N(CCCCCC(=O)ON(C)C(=O)CCC=O)c3ccc(S[O-])cc3C1(C)C)=[N+]2C.[Na+]. The molecule has 0 saturated heterocycles. The van der Waals surface area contributed by atoms with Gasteiger partial charge in [0.05, 0.1) is 17.4 Å². The van der Waals surface area contributed by atoms with Crippen molar-refractivity contribution in [3.05, 3.63) is 83.6 Å². The Balaban J connectivity index is 0.00000169. The Kier molecular flexibility index (Phi) is 20.7. The first-order valence-corrected chi connectivity index (χ1v) is 20.6.